The number of aliphatic carboxylic acids is 2. The number of carboxylic acid groups (broad SMARTS) is 2. The highest BCUT2D eigenvalue weighted by atomic mass is 16.5. The summed E-state index contributed by atoms with van der Waals surface area (Å²) >= 11 is 0. The van der Waals surface area contributed by atoms with Crippen LogP contribution in [0.5, 0.6) is 0 Å². The first-order valence-corrected chi connectivity index (χ1v) is 24.9. The minimum Gasteiger partial charge on any atom is -0.481 e. The van der Waals surface area contributed by atoms with E-state index in [0.717, 1.165) is 44.9 Å². The van der Waals surface area contributed by atoms with E-state index in [1.807, 2.05) is 0 Å². The number of ether oxygens (including phenoxy) is 8. The first-order chi connectivity index (χ1) is 34.1. The summed E-state index contributed by atoms with van der Waals surface area (Å²) in [5.74, 6) is -3.25. The minimum atomic E-state index is -1.19. The summed E-state index contributed by atoms with van der Waals surface area (Å²) in [6.45, 7) is 3.51. The second-order valence-electron chi connectivity index (χ2n) is 16.1. The van der Waals surface area contributed by atoms with Gasteiger partial charge in [0.15, 0.2) is 12.5 Å². The van der Waals surface area contributed by atoms with E-state index < -0.39 is 24.2 Å². The number of carboxylic acids is 2. The van der Waals surface area contributed by atoms with Crippen molar-refractivity contribution in [1.29, 1.82) is 0 Å². The molecule has 0 saturated carbocycles. The lowest BCUT2D eigenvalue weighted by Gasteiger charge is -2.14. The Bertz CT molecular complexity index is 1350. The molecular weight excluding hydrogens is 923 g/mol. The fourth-order valence-corrected chi connectivity index (χ4v) is 6.34. The van der Waals surface area contributed by atoms with Crippen molar-refractivity contribution in [2.75, 3.05) is 125 Å². The molecule has 70 heavy (non-hydrogen) atoms. The third-order valence-corrected chi connectivity index (χ3v) is 10.1. The van der Waals surface area contributed by atoms with Crippen LogP contribution in [0.1, 0.15) is 116 Å². The maximum Gasteiger partial charge on any atom is 0.326 e. The lowest BCUT2D eigenvalue weighted by atomic mass is 10.0. The van der Waals surface area contributed by atoms with Crippen LogP contribution in [0.4, 0.5) is 0 Å². The summed E-state index contributed by atoms with van der Waals surface area (Å²) in [5, 5.41) is 31.5. The molecule has 4 amide bonds. The quantitative estimate of drug-likeness (QED) is 0.0258. The molecule has 0 fully saturated rings. The largest absolute Gasteiger partial charge is 0.481 e. The number of hydrogen-bond acceptors (Lipinski definition) is 17. The van der Waals surface area contributed by atoms with Crippen LogP contribution in [0.3, 0.4) is 0 Å². The molecule has 7 N–H and O–H groups in total. The van der Waals surface area contributed by atoms with Crippen LogP contribution in [0.2, 0.25) is 0 Å². The summed E-state index contributed by atoms with van der Waals surface area (Å²) in [6.07, 6.45) is 15.8. The zero-order valence-electron chi connectivity index (χ0n) is 41.4. The molecule has 0 heterocycles. The van der Waals surface area contributed by atoms with Gasteiger partial charge in [0, 0.05) is 45.4 Å². The Morgan fingerprint density at radius 3 is 1.30 bits per heavy atom. The highest BCUT2D eigenvalue weighted by Crippen LogP contribution is 2.14. The molecule has 0 rings (SSSR count). The number of unbranched alkanes of at least 4 members (excludes halogenated alkanes) is 13. The van der Waals surface area contributed by atoms with E-state index in [1.54, 1.807) is 0 Å². The standard InChI is InChI=1S/C47H85N5O18/c53-23-28-67-30-29-63-25-20-49-43(57)38-69-34-32-65-27-22-51-45(37-54)70-36-35-66-26-21-50-44(58)39-68-33-31-64-24-19-48-41(55)18-17-40(47(61)62)52-42(56)15-13-11-9-7-5-3-1-2-4-6-8-10-12-14-16-46(59)60/h23,37,40,45,51H,1-22,24-36,38-39H2,(H,48,55)(H,49,57)(H,50,58)(H,52,56)(H,59,60)(H,61,62). The normalized spacial score (nSPS) is 11.9. The zero-order valence-corrected chi connectivity index (χ0v) is 41.4. The fourth-order valence-electron chi connectivity index (χ4n) is 6.34. The molecule has 23 nitrogen and oxygen atoms in total. The van der Waals surface area contributed by atoms with E-state index in [0.29, 0.717) is 51.9 Å². The van der Waals surface area contributed by atoms with E-state index in [4.69, 9.17) is 43.0 Å². The fraction of sp³-hybridized carbons (Fsp3) is 0.830. The topological polar surface area (TPSA) is 311 Å². The van der Waals surface area contributed by atoms with Crippen molar-refractivity contribution >= 4 is 48.1 Å². The molecular formula is C47H85N5O18. The monoisotopic (exact) mass is 1010 g/mol. The summed E-state index contributed by atoms with van der Waals surface area (Å²) in [4.78, 5) is 91.9. The predicted molar refractivity (Wildman–Crippen MR) is 255 cm³/mol. The van der Waals surface area contributed by atoms with Crippen molar-refractivity contribution in [1.82, 2.24) is 26.6 Å². The van der Waals surface area contributed by atoms with E-state index in [9.17, 15) is 43.5 Å². The molecule has 406 valence electrons. The van der Waals surface area contributed by atoms with Gasteiger partial charge in [-0.2, -0.15) is 0 Å². The van der Waals surface area contributed by atoms with Gasteiger partial charge < -0.3 is 74.2 Å². The predicted octanol–water partition coefficient (Wildman–Crippen LogP) is 1.46. The van der Waals surface area contributed by atoms with Gasteiger partial charge in [-0.3, -0.25) is 34.1 Å². The molecule has 0 aliphatic carbocycles. The van der Waals surface area contributed by atoms with Crippen LogP contribution in [0, 0.1) is 0 Å². The zero-order chi connectivity index (χ0) is 51.4. The maximum atomic E-state index is 12.3. The van der Waals surface area contributed by atoms with Crippen LogP contribution in [0.15, 0.2) is 0 Å². The molecule has 0 aromatic heterocycles. The summed E-state index contributed by atoms with van der Waals surface area (Å²) in [6, 6.07) is -1.15. The number of hydrogen-bond donors (Lipinski definition) is 7. The molecule has 23 heteroatoms. The first kappa shape index (κ1) is 65.8. The van der Waals surface area contributed by atoms with Crippen LogP contribution < -0.4 is 26.6 Å². The summed E-state index contributed by atoms with van der Waals surface area (Å²) < 4.78 is 42.3. The Kier molecular flexibility index (Phi) is 48.1. The van der Waals surface area contributed by atoms with Gasteiger partial charge in [0.1, 0.15) is 32.1 Å². The first-order valence-electron chi connectivity index (χ1n) is 24.9. The van der Waals surface area contributed by atoms with E-state index in [1.165, 1.54) is 38.5 Å². The average molecular weight is 1010 g/mol. The van der Waals surface area contributed by atoms with Crippen molar-refractivity contribution in [2.24, 2.45) is 0 Å². The number of aldehydes is 2. The van der Waals surface area contributed by atoms with Gasteiger partial charge in [0.05, 0.1) is 79.3 Å². The molecule has 0 radical (unpaired) electrons. The van der Waals surface area contributed by atoms with Crippen molar-refractivity contribution < 1.29 is 86.5 Å². The minimum absolute atomic E-state index is 0.0242. The smallest absolute Gasteiger partial charge is 0.326 e. The number of carbonyl (C=O) groups excluding carboxylic acids is 6. The van der Waals surface area contributed by atoms with Crippen molar-refractivity contribution in [3.63, 3.8) is 0 Å². The van der Waals surface area contributed by atoms with Gasteiger partial charge >= 0.3 is 11.9 Å². The Hall–Kier alpha value is -4.20. The Morgan fingerprint density at radius 1 is 0.429 bits per heavy atom. The van der Waals surface area contributed by atoms with Crippen molar-refractivity contribution in [3.05, 3.63) is 0 Å². The highest BCUT2D eigenvalue weighted by molar-refractivity contribution is 5.84. The highest BCUT2D eigenvalue weighted by Gasteiger charge is 2.21. The molecule has 2 unspecified atom stereocenters. The molecule has 0 bridgehead atoms. The maximum absolute atomic E-state index is 12.3. The summed E-state index contributed by atoms with van der Waals surface area (Å²) in [7, 11) is 0. The molecule has 2 atom stereocenters. The molecule has 0 aliphatic rings. The molecule has 0 aliphatic heterocycles. The molecule has 0 aromatic rings. The van der Waals surface area contributed by atoms with Crippen LogP contribution in [-0.4, -0.2) is 196 Å². The van der Waals surface area contributed by atoms with Gasteiger partial charge in [-0.15, -0.1) is 0 Å². The second kappa shape index (κ2) is 51.2. The van der Waals surface area contributed by atoms with Gasteiger partial charge in [-0.05, 0) is 19.3 Å². The van der Waals surface area contributed by atoms with Crippen LogP contribution in [0.25, 0.3) is 0 Å². The van der Waals surface area contributed by atoms with E-state index in [2.05, 4.69) is 26.6 Å². The Balaban J connectivity index is 3.66. The number of amides is 4. The second-order valence-corrected chi connectivity index (χ2v) is 16.1. The van der Waals surface area contributed by atoms with Gasteiger partial charge in [0.2, 0.25) is 23.6 Å². The van der Waals surface area contributed by atoms with E-state index >= 15 is 0 Å². The molecule has 0 spiro atoms. The van der Waals surface area contributed by atoms with Crippen molar-refractivity contribution in [2.45, 2.75) is 128 Å². The lowest BCUT2D eigenvalue weighted by molar-refractivity contribution is -0.142. The number of rotatable bonds is 55. The lowest BCUT2D eigenvalue weighted by Crippen LogP contribution is -2.41. The SMILES string of the molecule is O=CCOCCOCCNC(=O)COCCOCCNC(C=O)OCCOCCNC(=O)COCCOCCNC(=O)CCC(NC(=O)CCCCCCCCCCCCCCCCC(=O)O)C(=O)O. The van der Waals surface area contributed by atoms with Gasteiger partial charge in [-0.25, -0.2) is 4.79 Å². The van der Waals surface area contributed by atoms with Crippen LogP contribution in [-0.2, 0) is 76.3 Å². The van der Waals surface area contributed by atoms with Gasteiger partial charge in [-0.1, -0.05) is 77.0 Å². The molecule has 0 saturated heterocycles. The Labute approximate surface area is 413 Å². The van der Waals surface area contributed by atoms with Gasteiger partial charge in [0.25, 0.3) is 0 Å². The Morgan fingerprint density at radius 2 is 0.843 bits per heavy atom. The summed E-state index contributed by atoms with van der Waals surface area (Å²) in [5.41, 5.74) is 0. The van der Waals surface area contributed by atoms with Crippen LogP contribution >= 0.6 is 0 Å². The number of carbonyl (C=O) groups is 8. The third-order valence-electron chi connectivity index (χ3n) is 10.1. The van der Waals surface area contributed by atoms with E-state index in [-0.39, 0.29) is 142 Å². The number of nitrogens with one attached hydrogen (secondary N) is 5. The average Bonchev–Trinajstić information content (AvgIpc) is 3.33. The third kappa shape index (κ3) is 48.8. The van der Waals surface area contributed by atoms with Crippen molar-refractivity contribution in [3.8, 4) is 0 Å². The molecule has 0 aromatic carbocycles.